The Hall–Kier alpha value is -1.06. The average Bonchev–Trinajstić information content (AvgIpc) is 2.31. The zero-order valence-corrected chi connectivity index (χ0v) is 9.52. The average molecular weight is 220 g/mol. The van der Waals surface area contributed by atoms with Crippen molar-refractivity contribution < 1.29 is 5.11 Å². The summed E-state index contributed by atoms with van der Waals surface area (Å²) in [7, 11) is 0. The fourth-order valence-corrected chi connectivity index (χ4v) is 2.29. The zero-order valence-electron chi connectivity index (χ0n) is 9.52. The number of piperidine rings is 1. The molecule has 3 nitrogen and oxygen atoms in total. The summed E-state index contributed by atoms with van der Waals surface area (Å²) in [6, 6.07) is 7.53. The Kier molecular flexibility index (Phi) is 3.80. The summed E-state index contributed by atoms with van der Waals surface area (Å²) in [4.78, 5) is 0. The molecule has 88 valence electrons. The Balaban J connectivity index is 1.91. The fraction of sp³-hybridized carbons (Fsp3) is 0.538. The molecule has 1 aromatic rings. The number of nitrogen functional groups attached to an aromatic ring is 1. The molecule has 1 fully saturated rings. The van der Waals surface area contributed by atoms with E-state index in [4.69, 9.17) is 5.73 Å². The van der Waals surface area contributed by atoms with Crippen LogP contribution in [0.15, 0.2) is 24.3 Å². The van der Waals surface area contributed by atoms with Crippen molar-refractivity contribution in [2.75, 3.05) is 18.8 Å². The van der Waals surface area contributed by atoms with Gasteiger partial charge in [0.25, 0.3) is 0 Å². The second-order valence-electron chi connectivity index (χ2n) is 4.61. The van der Waals surface area contributed by atoms with Crippen LogP contribution in [0.25, 0.3) is 0 Å². The molecule has 0 amide bonds. The van der Waals surface area contributed by atoms with Gasteiger partial charge in [-0.1, -0.05) is 12.1 Å². The molecule has 16 heavy (non-hydrogen) atoms. The Morgan fingerprint density at radius 2 is 1.88 bits per heavy atom. The van der Waals surface area contributed by atoms with Crippen LogP contribution in [-0.2, 0) is 0 Å². The molecule has 1 aliphatic heterocycles. The molecular weight excluding hydrogens is 200 g/mol. The normalized spacial score (nSPS) is 19.6. The van der Waals surface area contributed by atoms with Crippen LogP contribution in [0.5, 0.6) is 0 Å². The molecule has 1 aromatic carbocycles. The van der Waals surface area contributed by atoms with Crippen molar-refractivity contribution in [3.05, 3.63) is 29.8 Å². The van der Waals surface area contributed by atoms with E-state index < -0.39 is 0 Å². The number of anilines is 1. The zero-order chi connectivity index (χ0) is 11.4. The first kappa shape index (κ1) is 11.4. The highest BCUT2D eigenvalue weighted by Gasteiger charge is 2.18. The fourth-order valence-electron chi connectivity index (χ4n) is 2.29. The van der Waals surface area contributed by atoms with Crippen LogP contribution in [0.1, 0.15) is 30.9 Å². The summed E-state index contributed by atoms with van der Waals surface area (Å²) in [6.07, 6.45) is 2.87. The predicted octanol–water partition coefficient (Wildman–Crippen LogP) is 1.69. The maximum Gasteiger partial charge on any atom is 0.0792 e. The Bertz CT molecular complexity index is 317. The van der Waals surface area contributed by atoms with Gasteiger partial charge in [-0.25, -0.2) is 0 Å². The molecule has 0 radical (unpaired) electrons. The molecule has 2 rings (SSSR count). The van der Waals surface area contributed by atoms with E-state index in [1.807, 2.05) is 24.3 Å². The summed E-state index contributed by atoms with van der Waals surface area (Å²) < 4.78 is 0. The number of nitrogens with one attached hydrogen (secondary N) is 1. The number of hydrogen-bond acceptors (Lipinski definition) is 3. The van der Waals surface area contributed by atoms with Crippen LogP contribution in [0.4, 0.5) is 5.69 Å². The maximum atomic E-state index is 10.1. The molecule has 0 bridgehead atoms. The van der Waals surface area contributed by atoms with E-state index in [1.54, 1.807) is 0 Å². The molecule has 0 saturated carbocycles. The Labute approximate surface area is 96.7 Å². The van der Waals surface area contributed by atoms with Crippen molar-refractivity contribution in [1.82, 2.24) is 5.32 Å². The highest BCUT2D eigenvalue weighted by atomic mass is 16.3. The minimum absolute atomic E-state index is 0.344. The van der Waals surface area contributed by atoms with Crippen molar-refractivity contribution in [1.29, 1.82) is 0 Å². The van der Waals surface area contributed by atoms with Crippen LogP contribution in [0, 0.1) is 5.92 Å². The summed E-state index contributed by atoms with van der Waals surface area (Å²) >= 11 is 0. The van der Waals surface area contributed by atoms with Gasteiger partial charge in [0.05, 0.1) is 6.10 Å². The second-order valence-corrected chi connectivity index (χ2v) is 4.61. The van der Waals surface area contributed by atoms with Gasteiger partial charge in [-0.2, -0.15) is 0 Å². The molecule has 1 aliphatic rings. The molecule has 4 N–H and O–H groups in total. The number of rotatable bonds is 3. The summed E-state index contributed by atoms with van der Waals surface area (Å²) in [5, 5.41) is 13.4. The van der Waals surface area contributed by atoms with Crippen LogP contribution in [-0.4, -0.2) is 18.2 Å². The van der Waals surface area contributed by atoms with E-state index in [0.29, 0.717) is 5.92 Å². The minimum atomic E-state index is -0.344. The molecule has 1 heterocycles. The first-order chi connectivity index (χ1) is 7.75. The smallest absolute Gasteiger partial charge is 0.0792 e. The van der Waals surface area contributed by atoms with E-state index in [1.165, 1.54) is 12.8 Å². The van der Waals surface area contributed by atoms with Crippen LogP contribution in [0.2, 0.25) is 0 Å². The molecule has 0 aromatic heterocycles. The van der Waals surface area contributed by atoms with Gasteiger partial charge in [0.1, 0.15) is 0 Å². The molecular formula is C13H20N2O. The third-order valence-electron chi connectivity index (χ3n) is 3.34. The monoisotopic (exact) mass is 220 g/mol. The highest BCUT2D eigenvalue weighted by Crippen LogP contribution is 2.26. The number of aliphatic hydroxyl groups excluding tert-OH is 1. The first-order valence-electron chi connectivity index (χ1n) is 6.00. The van der Waals surface area contributed by atoms with Gasteiger partial charge in [0.2, 0.25) is 0 Å². The molecule has 3 heteroatoms. The third-order valence-corrected chi connectivity index (χ3v) is 3.34. The first-order valence-corrected chi connectivity index (χ1v) is 6.00. The molecule has 0 aliphatic carbocycles. The lowest BCUT2D eigenvalue weighted by molar-refractivity contribution is 0.133. The van der Waals surface area contributed by atoms with Crippen molar-refractivity contribution in [3.63, 3.8) is 0 Å². The quantitative estimate of drug-likeness (QED) is 0.679. The van der Waals surface area contributed by atoms with Gasteiger partial charge >= 0.3 is 0 Å². The minimum Gasteiger partial charge on any atom is -0.399 e. The lowest BCUT2D eigenvalue weighted by Crippen LogP contribution is -2.28. The van der Waals surface area contributed by atoms with Crippen LogP contribution >= 0.6 is 0 Å². The summed E-state index contributed by atoms with van der Waals surface area (Å²) in [6.45, 7) is 2.16. The van der Waals surface area contributed by atoms with Crippen molar-refractivity contribution in [2.24, 2.45) is 5.92 Å². The Morgan fingerprint density at radius 3 is 2.50 bits per heavy atom. The molecule has 1 atom stereocenters. The van der Waals surface area contributed by atoms with Crippen molar-refractivity contribution in [3.8, 4) is 0 Å². The third kappa shape index (κ3) is 2.97. The lowest BCUT2D eigenvalue weighted by atomic mass is 9.90. The molecule has 1 unspecified atom stereocenters. The summed E-state index contributed by atoms with van der Waals surface area (Å²) in [5.74, 6) is 0.647. The Morgan fingerprint density at radius 1 is 1.25 bits per heavy atom. The van der Waals surface area contributed by atoms with Gasteiger partial charge in [-0.15, -0.1) is 0 Å². The van der Waals surface area contributed by atoms with Crippen molar-refractivity contribution >= 4 is 5.69 Å². The van der Waals surface area contributed by atoms with E-state index in [2.05, 4.69) is 5.32 Å². The van der Waals surface area contributed by atoms with Crippen molar-refractivity contribution in [2.45, 2.75) is 25.4 Å². The van der Waals surface area contributed by atoms with Crippen LogP contribution < -0.4 is 11.1 Å². The van der Waals surface area contributed by atoms with Gasteiger partial charge < -0.3 is 16.2 Å². The largest absolute Gasteiger partial charge is 0.399 e. The van der Waals surface area contributed by atoms with Gasteiger partial charge in [0.15, 0.2) is 0 Å². The summed E-state index contributed by atoms with van der Waals surface area (Å²) in [5.41, 5.74) is 7.35. The number of hydrogen-bond donors (Lipinski definition) is 3. The number of nitrogens with two attached hydrogens (primary N) is 1. The second kappa shape index (κ2) is 5.32. The van der Waals surface area contributed by atoms with Gasteiger partial charge in [-0.3, -0.25) is 0 Å². The molecule has 0 spiro atoms. The van der Waals surface area contributed by atoms with Gasteiger partial charge in [0, 0.05) is 5.69 Å². The van der Waals surface area contributed by atoms with E-state index >= 15 is 0 Å². The predicted molar refractivity (Wildman–Crippen MR) is 66.0 cm³/mol. The standard InChI is InChI=1S/C13H20N2O/c14-12-3-1-11(2-4-12)13(16)9-10-5-7-15-8-6-10/h1-4,10,13,15-16H,5-9,14H2. The number of aliphatic hydroxyl groups is 1. The molecule has 1 saturated heterocycles. The lowest BCUT2D eigenvalue weighted by Gasteiger charge is -2.24. The maximum absolute atomic E-state index is 10.1. The van der Waals surface area contributed by atoms with E-state index in [-0.39, 0.29) is 6.10 Å². The number of benzene rings is 1. The van der Waals surface area contributed by atoms with E-state index in [9.17, 15) is 5.11 Å². The van der Waals surface area contributed by atoms with E-state index in [0.717, 1.165) is 30.8 Å². The SMILES string of the molecule is Nc1ccc(C(O)CC2CCNCC2)cc1. The highest BCUT2D eigenvalue weighted by molar-refractivity contribution is 5.39. The topological polar surface area (TPSA) is 58.3 Å². The van der Waals surface area contributed by atoms with Gasteiger partial charge in [-0.05, 0) is 56.0 Å². The van der Waals surface area contributed by atoms with Crippen LogP contribution in [0.3, 0.4) is 0 Å².